The zero-order chi connectivity index (χ0) is 15.1. The van der Waals surface area contributed by atoms with Crippen LogP contribution in [0.3, 0.4) is 0 Å². The summed E-state index contributed by atoms with van der Waals surface area (Å²) in [6, 6.07) is 17.4. The molecule has 2 aromatic carbocycles. The first-order valence-electron chi connectivity index (χ1n) is 6.86. The molecule has 0 saturated heterocycles. The Bertz CT molecular complexity index is 603. The van der Waals surface area contributed by atoms with Gasteiger partial charge in [-0.3, -0.25) is 4.79 Å². The molecule has 2 aromatic rings. The number of nitrogens with one attached hydrogen (secondary N) is 1. The van der Waals surface area contributed by atoms with E-state index in [9.17, 15) is 4.79 Å². The van der Waals surface area contributed by atoms with Crippen LogP contribution in [-0.2, 0) is 4.79 Å². The Kier molecular flexibility index (Phi) is 5.16. The Hall–Kier alpha value is -2.55. The second-order valence-electron chi connectivity index (χ2n) is 4.75. The molecule has 0 aliphatic heterocycles. The lowest BCUT2D eigenvalue weighted by atomic mass is 10.1. The van der Waals surface area contributed by atoms with E-state index in [0.717, 1.165) is 16.9 Å². The first-order valence-corrected chi connectivity index (χ1v) is 6.86. The predicted molar refractivity (Wildman–Crippen MR) is 85.0 cm³/mol. The normalized spacial score (nSPS) is 12.1. The third-order valence-corrected chi connectivity index (χ3v) is 3.20. The molecule has 0 radical (unpaired) electrons. The van der Waals surface area contributed by atoms with E-state index in [1.54, 1.807) is 19.3 Å². The summed E-state index contributed by atoms with van der Waals surface area (Å²) in [5.41, 5.74) is 2.04. The molecule has 0 bridgehead atoms. The SMILES string of the molecule is COc1ccc([C@@H](C)NC(=O)/C=C/c2ccccc2)cc1. The van der Waals surface area contributed by atoms with E-state index in [0.29, 0.717) is 0 Å². The average Bonchev–Trinajstić information content (AvgIpc) is 2.54. The average molecular weight is 281 g/mol. The fourth-order valence-electron chi connectivity index (χ4n) is 1.97. The highest BCUT2D eigenvalue weighted by Crippen LogP contribution is 2.17. The van der Waals surface area contributed by atoms with Crippen LogP contribution in [0.25, 0.3) is 6.08 Å². The van der Waals surface area contributed by atoms with Crippen LogP contribution in [0.1, 0.15) is 24.1 Å². The van der Waals surface area contributed by atoms with Gasteiger partial charge in [0.1, 0.15) is 5.75 Å². The van der Waals surface area contributed by atoms with Crippen molar-refractivity contribution in [2.75, 3.05) is 7.11 Å². The summed E-state index contributed by atoms with van der Waals surface area (Å²) in [5, 5.41) is 2.94. The van der Waals surface area contributed by atoms with Gasteiger partial charge in [0.25, 0.3) is 0 Å². The summed E-state index contributed by atoms with van der Waals surface area (Å²) in [4.78, 5) is 11.9. The van der Waals surface area contributed by atoms with E-state index in [1.807, 2.05) is 61.5 Å². The van der Waals surface area contributed by atoms with E-state index < -0.39 is 0 Å². The highest BCUT2D eigenvalue weighted by Gasteiger charge is 2.07. The molecule has 3 heteroatoms. The summed E-state index contributed by atoms with van der Waals surface area (Å²) in [6.07, 6.45) is 3.35. The molecular formula is C18H19NO2. The number of benzene rings is 2. The molecule has 0 aliphatic carbocycles. The van der Waals surface area contributed by atoms with Crippen molar-refractivity contribution in [2.45, 2.75) is 13.0 Å². The van der Waals surface area contributed by atoms with Gasteiger partial charge in [0.15, 0.2) is 0 Å². The highest BCUT2D eigenvalue weighted by atomic mass is 16.5. The number of carbonyl (C=O) groups is 1. The lowest BCUT2D eigenvalue weighted by Gasteiger charge is -2.13. The van der Waals surface area contributed by atoms with Gasteiger partial charge < -0.3 is 10.1 Å². The van der Waals surface area contributed by atoms with Crippen molar-refractivity contribution >= 4 is 12.0 Å². The van der Waals surface area contributed by atoms with Crippen LogP contribution in [0.4, 0.5) is 0 Å². The molecule has 108 valence electrons. The molecule has 0 heterocycles. The van der Waals surface area contributed by atoms with Crippen LogP contribution in [0.2, 0.25) is 0 Å². The molecule has 0 fully saturated rings. The van der Waals surface area contributed by atoms with Gasteiger partial charge >= 0.3 is 0 Å². The van der Waals surface area contributed by atoms with Crippen LogP contribution in [0.15, 0.2) is 60.7 Å². The van der Waals surface area contributed by atoms with E-state index >= 15 is 0 Å². The van der Waals surface area contributed by atoms with Crippen LogP contribution < -0.4 is 10.1 Å². The number of hydrogen-bond donors (Lipinski definition) is 1. The maximum absolute atomic E-state index is 11.9. The van der Waals surface area contributed by atoms with Gasteiger partial charge in [0.2, 0.25) is 5.91 Å². The summed E-state index contributed by atoms with van der Waals surface area (Å²) in [7, 11) is 1.63. The third-order valence-electron chi connectivity index (χ3n) is 3.20. The minimum atomic E-state index is -0.109. The maximum Gasteiger partial charge on any atom is 0.244 e. The minimum Gasteiger partial charge on any atom is -0.497 e. The Morgan fingerprint density at radius 3 is 2.38 bits per heavy atom. The number of amides is 1. The molecule has 1 amide bonds. The highest BCUT2D eigenvalue weighted by molar-refractivity contribution is 5.91. The van der Waals surface area contributed by atoms with Gasteiger partial charge in [-0.25, -0.2) is 0 Å². The van der Waals surface area contributed by atoms with Crippen LogP contribution >= 0.6 is 0 Å². The molecule has 0 spiro atoms. The summed E-state index contributed by atoms with van der Waals surface area (Å²) >= 11 is 0. The van der Waals surface area contributed by atoms with Gasteiger partial charge in [0, 0.05) is 6.08 Å². The topological polar surface area (TPSA) is 38.3 Å². The van der Waals surface area contributed by atoms with Crippen molar-refractivity contribution in [3.8, 4) is 5.75 Å². The Balaban J connectivity index is 1.93. The van der Waals surface area contributed by atoms with Crippen LogP contribution in [0, 0.1) is 0 Å². The zero-order valence-electron chi connectivity index (χ0n) is 12.2. The van der Waals surface area contributed by atoms with E-state index in [1.165, 1.54) is 0 Å². The van der Waals surface area contributed by atoms with Crippen molar-refractivity contribution in [1.82, 2.24) is 5.32 Å². The molecule has 1 atom stereocenters. The van der Waals surface area contributed by atoms with E-state index in [-0.39, 0.29) is 11.9 Å². The zero-order valence-corrected chi connectivity index (χ0v) is 12.2. The lowest BCUT2D eigenvalue weighted by molar-refractivity contribution is -0.117. The van der Waals surface area contributed by atoms with Crippen molar-refractivity contribution in [3.63, 3.8) is 0 Å². The number of rotatable bonds is 5. The van der Waals surface area contributed by atoms with Gasteiger partial charge in [0.05, 0.1) is 13.2 Å². The first kappa shape index (κ1) is 14.9. The number of ether oxygens (including phenoxy) is 1. The molecule has 21 heavy (non-hydrogen) atoms. The molecule has 0 aromatic heterocycles. The Labute approximate surface area is 125 Å². The molecule has 0 saturated carbocycles. The molecule has 3 nitrogen and oxygen atoms in total. The molecule has 0 unspecified atom stereocenters. The van der Waals surface area contributed by atoms with E-state index in [2.05, 4.69) is 5.32 Å². The fraction of sp³-hybridized carbons (Fsp3) is 0.167. The maximum atomic E-state index is 11.9. The standard InChI is InChI=1S/C18H19NO2/c1-14(16-9-11-17(21-2)12-10-16)19-18(20)13-8-15-6-4-3-5-7-15/h3-14H,1-2H3,(H,19,20)/b13-8+/t14-/m1/s1. The quantitative estimate of drug-likeness (QED) is 0.851. The number of carbonyl (C=O) groups excluding carboxylic acids is 1. The van der Waals surface area contributed by atoms with Crippen molar-refractivity contribution in [3.05, 3.63) is 71.8 Å². The number of hydrogen-bond acceptors (Lipinski definition) is 2. The second-order valence-corrected chi connectivity index (χ2v) is 4.75. The largest absolute Gasteiger partial charge is 0.497 e. The van der Waals surface area contributed by atoms with Gasteiger partial charge in [-0.1, -0.05) is 42.5 Å². The van der Waals surface area contributed by atoms with Gasteiger partial charge in [-0.05, 0) is 36.3 Å². The van der Waals surface area contributed by atoms with Gasteiger partial charge in [-0.2, -0.15) is 0 Å². The molecule has 0 aliphatic rings. The monoisotopic (exact) mass is 281 g/mol. The van der Waals surface area contributed by atoms with Crippen molar-refractivity contribution in [2.24, 2.45) is 0 Å². The summed E-state index contributed by atoms with van der Waals surface area (Å²) in [6.45, 7) is 1.95. The smallest absolute Gasteiger partial charge is 0.244 e. The molecular weight excluding hydrogens is 262 g/mol. The molecule has 2 rings (SSSR count). The summed E-state index contributed by atoms with van der Waals surface area (Å²) in [5.74, 6) is 0.698. The van der Waals surface area contributed by atoms with Gasteiger partial charge in [-0.15, -0.1) is 0 Å². The van der Waals surface area contributed by atoms with E-state index in [4.69, 9.17) is 4.74 Å². The lowest BCUT2D eigenvalue weighted by Crippen LogP contribution is -2.24. The Morgan fingerprint density at radius 1 is 1.10 bits per heavy atom. The van der Waals surface area contributed by atoms with Crippen molar-refractivity contribution < 1.29 is 9.53 Å². The minimum absolute atomic E-state index is 0.0520. The molecule has 1 N–H and O–H groups in total. The Morgan fingerprint density at radius 2 is 1.76 bits per heavy atom. The first-order chi connectivity index (χ1) is 10.2. The fourth-order valence-corrected chi connectivity index (χ4v) is 1.97. The third kappa shape index (κ3) is 4.49. The van der Waals surface area contributed by atoms with Crippen molar-refractivity contribution in [1.29, 1.82) is 0 Å². The summed E-state index contributed by atoms with van der Waals surface area (Å²) < 4.78 is 5.12. The van der Waals surface area contributed by atoms with Crippen LogP contribution in [-0.4, -0.2) is 13.0 Å². The second kappa shape index (κ2) is 7.29. The predicted octanol–water partition coefficient (Wildman–Crippen LogP) is 3.59. The van der Waals surface area contributed by atoms with Crippen LogP contribution in [0.5, 0.6) is 5.75 Å². The number of methoxy groups -OCH3 is 1.